The minimum atomic E-state index is -0.960. The molecule has 1 N–H and O–H groups in total. The summed E-state index contributed by atoms with van der Waals surface area (Å²) < 4.78 is 32.0. The van der Waals surface area contributed by atoms with Crippen LogP contribution in [0, 0.1) is 11.6 Å². The first-order chi connectivity index (χ1) is 8.95. The van der Waals surface area contributed by atoms with E-state index in [0.29, 0.717) is 19.6 Å². The van der Waals surface area contributed by atoms with Gasteiger partial charge >= 0.3 is 0 Å². The number of morpholine rings is 1. The zero-order chi connectivity index (χ0) is 14.0. The highest BCUT2D eigenvalue weighted by atomic mass is 19.1. The number of β-amino-alcohol motifs (C(OH)–C–C–N with tert-alkyl or cyclic N) is 1. The van der Waals surface area contributed by atoms with Crippen molar-refractivity contribution in [1.82, 2.24) is 4.90 Å². The first-order valence-electron chi connectivity index (χ1n) is 6.46. The molecule has 3 unspecified atom stereocenters. The Kier molecular flexibility index (Phi) is 4.50. The van der Waals surface area contributed by atoms with E-state index in [4.69, 9.17) is 4.74 Å². The number of ether oxygens (including phenoxy) is 1. The number of hydrogen-bond acceptors (Lipinski definition) is 3. The van der Waals surface area contributed by atoms with Crippen molar-refractivity contribution >= 4 is 0 Å². The maximum atomic E-state index is 13.6. The minimum absolute atomic E-state index is 0.0917. The summed E-state index contributed by atoms with van der Waals surface area (Å²) in [6, 6.07) is 3.25. The van der Waals surface area contributed by atoms with E-state index < -0.39 is 17.7 Å². The Hall–Kier alpha value is -1.04. The first kappa shape index (κ1) is 14.4. The quantitative estimate of drug-likeness (QED) is 0.914. The number of aliphatic hydroxyl groups excluding tert-OH is 1. The van der Waals surface area contributed by atoms with Crippen LogP contribution in [-0.4, -0.2) is 41.8 Å². The lowest BCUT2D eigenvalue weighted by Crippen LogP contribution is -2.46. The van der Waals surface area contributed by atoms with Crippen LogP contribution in [-0.2, 0) is 4.74 Å². The van der Waals surface area contributed by atoms with Gasteiger partial charge in [-0.15, -0.1) is 0 Å². The number of benzene rings is 1. The minimum Gasteiger partial charge on any atom is -0.387 e. The van der Waals surface area contributed by atoms with Crippen LogP contribution in [0.2, 0.25) is 0 Å². The van der Waals surface area contributed by atoms with Gasteiger partial charge in [0, 0.05) is 31.3 Å². The van der Waals surface area contributed by atoms with Crippen LogP contribution in [0.3, 0.4) is 0 Å². The summed E-state index contributed by atoms with van der Waals surface area (Å²) in [5.41, 5.74) is 0.133. The van der Waals surface area contributed by atoms with Crippen molar-refractivity contribution in [3.05, 3.63) is 35.4 Å². The van der Waals surface area contributed by atoms with Crippen molar-refractivity contribution in [3.8, 4) is 0 Å². The molecule has 1 saturated heterocycles. The lowest BCUT2D eigenvalue weighted by atomic mass is 10.1. The van der Waals surface area contributed by atoms with E-state index in [-0.39, 0.29) is 17.8 Å². The Morgan fingerprint density at radius 1 is 1.32 bits per heavy atom. The van der Waals surface area contributed by atoms with Gasteiger partial charge in [0.1, 0.15) is 11.6 Å². The summed E-state index contributed by atoms with van der Waals surface area (Å²) in [5.74, 6) is -1.34. The molecular formula is C14H19F2NO2. The van der Waals surface area contributed by atoms with Crippen molar-refractivity contribution in [1.29, 1.82) is 0 Å². The molecule has 0 spiro atoms. The SMILES string of the molecule is CC1CN(CC(O)c2ccc(F)cc2F)CC(C)O1. The molecule has 106 valence electrons. The Labute approximate surface area is 111 Å². The molecule has 1 fully saturated rings. The molecule has 1 aromatic rings. The van der Waals surface area contributed by atoms with E-state index in [1.165, 1.54) is 6.07 Å². The third-order valence-corrected chi connectivity index (χ3v) is 3.25. The molecule has 1 aliphatic heterocycles. The summed E-state index contributed by atoms with van der Waals surface area (Å²) in [6.45, 7) is 5.65. The van der Waals surface area contributed by atoms with Gasteiger partial charge in [-0.25, -0.2) is 8.78 Å². The molecule has 3 nitrogen and oxygen atoms in total. The molecule has 19 heavy (non-hydrogen) atoms. The van der Waals surface area contributed by atoms with Gasteiger partial charge < -0.3 is 9.84 Å². The van der Waals surface area contributed by atoms with Crippen molar-refractivity contribution in [2.45, 2.75) is 32.2 Å². The normalized spacial score (nSPS) is 26.4. The average Bonchev–Trinajstić information content (AvgIpc) is 2.26. The Bertz CT molecular complexity index is 431. The Morgan fingerprint density at radius 2 is 1.95 bits per heavy atom. The van der Waals surface area contributed by atoms with E-state index in [1.807, 2.05) is 18.7 Å². The largest absolute Gasteiger partial charge is 0.387 e. The van der Waals surface area contributed by atoms with Crippen LogP contribution in [0.1, 0.15) is 25.5 Å². The first-order valence-corrected chi connectivity index (χ1v) is 6.46. The van der Waals surface area contributed by atoms with E-state index >= 15 is 0 Å². The fourth-order valence-corrected chi connectivity index (χ4v) is 2.55. The fourth-order valence-electron chi connectivity index (χ4n) is 2.55. The molecule has 5 heteroatoms. The van der Waals surface area contributed by atoms with Gasteiger partial charge in [0.25, 0.3) is 0 Å². The predicted molar refractivity (Wildman–Crippen MR) is 67.8 cm³/mol. The second-order valence-corrected chi connectivity index (χ2v) is 5.16. The van der Waals surface area contributed by atoms with Crippen LogP contribution in [0.15, 0.2) is 18.2 Å². The van der Waals surface area contributed by atoms with Crippen molar-refractivity contribution in [3.63, 3.8) is 0 Å². The zero-order valence-electron chi connectivity index (χ0n) is 11.1. The van der Waals surface area contributed by atoms with E-state index in [2.05, 4.69) is 0 Å². The van der Waals surface area contributed by atoms with Crippen molar-refractivity contribution in [2.75, 3.05) is 19.6 Å². The van der Waals surface area contributed by atoms with Gasteiger partial charge in [-0.05, 0) is 19.9 Å². The number of aliphatic hydroxyl groups is 1. The van der Waals surface area contributed by atoms with E-state index in [9.17, 15) is 13.9 Å². The number of hydrogen-bond donors (Lipinski definition) is 1. The van der Waals surface area contributed by atoms with Gasteiger partial charge in [-0.3, -0.25) is 4.90 Å². The van der Waals surface area contributed by atoms with Crippen molar-refractivity contribution < 1.29 is 18.6 Å². The average molecular weight is 271 g/mol. The lowest BCUT2D eigenvalue weighted by Gasteiger charge is -2.36. The van der Waals surface area contributed by atoms with Gasteiger partial charge in [-0.1, -0.05) is 6.07 Å². The molecule has 2 rings (SSSR count). The molecule has 1 aromatic carbocycles. The highest BCUT2D eigenvalue weighted by molar-refractivity contribution is 5.21. The number of nitrogens with zero attached hydrogens (tertiary/aromatic N) is 1. The molecule has 0 radical (unpaired) electrons. The van der Waals surface area contributed by atoms with Gasteiger partial charge in [0.15, 0.2) is 0 Å². The van der Waals surface area contributed by atoms with E-state index in [1.54, 1.807) is 0 Å². The van der Waals surface area contributed by atoms with E-state index in [0.717, 1.165) is 12.1 Å². The smallest absolute Gasteiger partial charge is 0.131 e. The summed E-state index contributed by atoms with van der Waals surface area (Å²) in [6.07, 6.45) is -0.777. The molecule has 0 aromatic heterocycles. The van der Waals surface area contributed by atoms with Crippen LogP contribution >= 0.6 is 0 Å². The Morgan fingerprint density at radius 3 is 2.53 bits per heavy atom. The highest BCUT2D eigenvalue weighted by Gasteiger charge is 2.25. The standard InChI is InChI=1S/C14H19F2NO2/c1-9-6-17(7-10(2)19-9)8-14(18)12-4-3-11(15)5-13(12)16/h3-5,9-10,14,18H,6-8H2,1-2H3. The van der Waals surface area contributed by atoms with Crippen LogP contribution in [0.5, 0.6) is 0 Å². The van der Waals surface area contributed by atoms with Crippen LogP contribution < -0.4 is 0 Å². The molecule has 0 amide bonds. The molecule has 1 aliphatic rings. The molecular weight excluding hydrogens is 252 g/mol. The van der Waals surface area contributed by atoms with Crippen LogP contribution in [0.4, 0.5) is 8.78 Å². The molecule has 0 aliphatic carbocycles. The number of halogens is 2. The third-order valence-electron chi connectivity index (χ3n) is 3.25. The summed E-state index contributed by atoms with van der Waals surface area (Å²) in [7, 11) is 0. The van der Waals surface area contributed by atoms with Crippen LogP contribution in [0.25, 0.3) is 0 Å². The molecule has 0 bridgehead atoms. The lowest BCUT2D eigenvalue weighted by molar-refractivity contribution is -0.0768. The summed E-state index contributed by atoms with van der Waals surface area (Å²) in [4.78, 5) is 2.03. The van der Waals surface area contributed by atoms with Crippen molar-refractivity contribution in [2.24, 2.45) is 0 Å². The third kappa shape index (κ3) is 3.72. The fraction of sp³-hybridized carbons (Fsp3) is 0.571. The maximum absolute atomic E-state index is 13.6. The molecule has 1 heterocycles. The maximum Gasteiger partial charge on any atom is 0.131 e. The summed E-state index contributed by atoms with van der Waals surface area (Å²) >= 11 is 0. The van der Waals surface area contributed by atoms with Gasteiger partial charge in [0.05, 0.1) is 18.3 Å². The second kappa shape index (κ2) is 5.94. The monoisotopic (exact) mass is 271 g/mol. The summed E-state index contributed by atoms with van der Waals surface area (Å²) in [5, 5.41) is 10.1. The predicted octanol–water partition coefficient (Wildman–Crippen LogP) is 2.11. The molecule has 3 atom stereocenters. The zero-order valence-corrected chi connectivity index (χ0v) is 11.1. The second-order valence-electron chi connectivity index (χ2n) is 5.16. The highest BCUT2D eigenvalue weighted by Crippen LogP contribution is 2.21. The van der Waals surface area contributed by atoms with Gasteiger partial charge in [0.2, 0.25) is 0 Å². The Balaban J connectivity index is 2.02. The topological polar surface area (TPSA) is 32.7 Å². The number of rotatable bonds is 3. The van der Waals surface area contributed by atoms with Gasteiger partial charge in [-0.2, -0.15) is 0 Å². The molecule has 0 saturated carbocycles.